The standard InChI is InChI=1S/C17H21BrN2O2/c1-5-22-16(21)14-10-15(17(2,3)4)19-20(14)11-12-8-6-7-9-13(12)18/h6-10H,5,11H2,1-4H3. The van der Waals surface area contributed by atoms with E-state index < -0.39 is 0 Å². The molecule has 5 heteroatoms. The van der Waals surface area contributed by atoms with Crippen molar-refractivity contribution in [2.24, 2.45) is 0 Å². The predicted molar refractivity (Wildman–Crippen MR) is 90.1 cm³/mol. The van der Waals surface area contributed by atoms with Gasteiger partial charge < -0.3 is 4.74 Å². The molecule has 118 valence electrons. The predicted octanol–water partition coefficient (Wildman–Crippen LogP) is 4.17. The molecule has 0 unspecified atom stereocenters. The van der Waals surface area contributed by atoms with Crippen molar-refractivity contribution in [1.82, 2.24) is 9.78 Å². The second kappa shape index (κ2) is 6.65. The maximum Gasteiger partial charge on any atom is 0.356 e. The van der Waals surface area contributed by atoms with Gasteiger partial charge in [0.15, 0.2) is 0 Å². The Balaban J connectivity index is 2.42. The van der Waals surface area contributed by atoms with Crippen LogP contribution in [0.25, 0.3) is 0 Å². The first-order valence-corrected chi connectivity index (χ1v) is 8.11. The molecule has 0 aliphatic carbocycles. The molecule has 2 aromatic rings. The van der Waals surface area contributed by atoms with Gasteiger partial charge in [-0.05, 0) is 24.6 Å². The first-order chi connectivity index (χ1) is 10.3. The van der Waals surface area contributed by atoms with Crippen LogP contribution in [-0.4, -0.2) is 22.4 Å². The van der Waals surface area contributed by atoms with Crippen molar-refractivity contribution in [2.45, 2.75) is 39.7 Å². The van der Waals surface area contributed by atoms with E-state index in [1.807, 2.05) is 30.3 Å². The topological polar surface area (TPSA) is 44.1 Å². The van der Waals surface area contributed by atoms with Crippen molar-refractivity contribution < 1.29 is 9.53 Å². The molecule has 0 aliphatic heterocycles. The van der Waals surface area contributed by atoms with Gasteiger partial charge in [0.25, 0.3) is 0 Å². The Bertz CT molecular complexity index is 672. The van der Waals surface area contributed by atoms with Gasteiger partial charge in [-0.2, -0.15) is 5.10 Å². The quantitative estimate of drug-likeness (QED) is 0.764. The number of ether oxygens (including phenoxy) is 1. The maximum absolute atomic E-state index is 12.2. The van der Waals surface area contributed by atoms with Crippen LogP contribution in [0.1, 0.15) is 49.4 Å². The lowest BCUT2D eigenvalue weighted by atomic mass is 9.92. The van der Waals surface area contributed by atoms with Crippen LogP contribution < -0.4 is 0 Å². The lowest BCUT2D eigenvalue weighted by Crippen LogP contribution is -2.15. The molecule has 2 rings (SSSR count). The second-order valence-corrected chi connectivity index (χ2v) is 6.99. The summed E-state index contributed by atoms with van der Waals surface area (Å²) >= 11 is 3.54. The molecule has 0 saturated carbocycles. The zero-order valence-corrected chi connectivity index (χ0v) is 15.0. The molecule has 1 aromatic carbocycles. The summed E-state index contributed by atoms with van der Waals surface area (Å²) in [5, 5.41) is 4.62. The van der Waals surface area contributed by atoms with Crippen LogP contribution >= 0.6 is 15.9 Å². The van der Waals surface area contributed by atoms with Crippen LogP contribution in [0.4, 0.5) is 0 Å². The van der Waals surface area contributed by atoms with E-state index in [0.29, 0.717) is 18.8 Å². The molecule has 0 fully saturated rings. The van der Waals surface area contributed by atoms with Crippen molar-refractivity contribution in [3.05, 3.63) is 51.8 Å². The molecule has 0 spiro atoms. The first-order valence-electron chi connectivity index (χ1n) is 7.31. The van der Waals surface area contributed by atoms with Gasteiger partial charge in [-0.15, -0.1) is 0 Å². The summed E-state index contributed by atoms with van der Waals surface area (Å²) in [5.41, 5.74) is 2.31. The van der Waals surface area contributed by atoms with Gasteiger partial charge >= 0.3 is 5.97 Å². The maximum atomic E-state index is 12.2. The van der Waals surface area contributed by atoms with Crippen LogP contribution in [0.3, 0.4) is 0 Å². The molecule has 4 nitrogen and oxygen atoms in total. The fourth-order valence-corrected chi connectivity index (χ4v) is 2.47. The minimum absolute atomic E-state index is 0.125. The minimum Gasteiger partial charge on any atom is -0.461 e. The molecule has 22 heavy (non-hydrogen) atoms. The van der Waals surface area contributed by atoms with Crippen LogP contribution in [0.5, 0.6) is 0 Å². The van der Waals surface area contributed by atoms with Gasteiger partial charge in [0.1, 0.15) is 5.69 Å². The third-order valence-corrected chi connectivity index (χ3v) is 4.08. The van der Waals surface area contributed by atoms with Crippen molar-refractivity contribution in [3.63, 3.8) is 0 Å². The van der Waals surface area contributed by atoms with Gasteiger partial charge in [-0.3, -0.25) is 4.68 Å². The molecule has 0 aliphatic rings. The highest BCUT2D eigenvalue weighted by Crippen LogP contribution is 2.24. The van der Waals surface area contributed by atoms with E-state index in [9.17, 15) is 4.79 Å². The second-order valence-electron chi connectivity index (χ2n) is 6.13. The fourth-order valence-electron chi connectivity index (χ4n) is 2.06. The van der Waals surface area contributed by atoms with Crippen LogP contribution in [-0.2, 0) is 16.7 Å². The molecule has 0 amide bonds. The molecule has 0 atom stereocenters. The third kappa shape index (κ3) is 3.77. The average molecular weight is 365 g/mol. The summed E-state index contributed by atoms with van der Waals surface area (Å²) in [5.74, 6) is -0.336. The smallest absolute Gasteiger partial charge is 0.356 e. The van der Waals surface area contributed by atoms with E-state index >= 15 is 0 Å². The van der Waals surface area contributed by atoms with Crippen LogP contribution in [0.15, 0.2) is 34.8 Å². The van der Waals surface area contributed by atoms with E-state index in [1.165, 1.54) is 0 Å². The van der Waals surface area contributed by atoms with Gasteiger partial charge in [-0.1, -0.05) is 54.9 Å². The summed E-state index contributed by atoms with van der Waals surface area (Å²) in [6, 6.07) is 9.75. The van der Waals surface area contributed by atoms with E-state index in [1.54, 1.807) is 11.6 Å². The number of halogens is 1. The first kappa shape index (κ1) is 16.7. The summed E-state index contributed by atoms with van der Waals surface area (Å²) in [6.07, 6.45) is 0. The number of nitrogens with zero attached hydrogens (tertiary/aromatic N) is 2. The molecule has 1 heterocycles. The number of carbonyl (C=O) groups excluding carboxylic acids is 1. The van der Waals surface area contributed by atoms with Crippen molar-refractivity contribution >= 4 is 21.9 Å². The molecule has 0 saturated heterocycles. The Labute approximate surface area is 139 Å². The number of hydrogen-bond donors (Lipinski definition) is 0. The highest BCUT2D eigenvalue weighted by atomic mass is 79.9. The van der Waals surface area contributed by atoms with Gasteiger partial charge in [0.2, 0.25) is 0 Å². The molecular weight excluding hydrogens is 344 g/mol. The largest absolute Gasteiger partial charge is 0.461 e. The Morgan fingerprint density at radius 1 is 1.32 bits per heavy atom. The SMILES string of the molecule is CCOC(=O)c1cc(C(C)(C)C)nn1Cc1ccccc1Br. The van der Waals surface area contributed by atoms with Crippen molar-refractivity contribution in [1.29, 1.82) is 0 Å². The number of esters is 1. The van der Waals surface area contributed by atoms with Gasteiger partial charge in [0.05, 0.1) is 18.8 Å². The van der Waals surface area contributed by atoms with E-state index in [2.05, 4.69) is 41.8 Å². The number of benzene rings is 1. The fraction of sp³-hybridized carbons (Fsp3) is 0.412. The van der Waals surface area contributed by atoms with Crippen LogP contribution in [0.2, 0.25) is 0 Å². The Kier molecular flexibility index (Phi) is 5.06. The van der Waals surface area contributed by atoms with Gasteiger partial charge in [-0.25, -0.2) is 4.79 Å². The zero-order chi connectivity index (χ0) is 16.3. The molecule has 1 aromatic heterocycles. The Morgan fingerprint density at radius 2 is 2.00 bits per heavy atom. The zero-order valence-electron chi connectivity index (χ0n) is 13.4. The third-order valence-electron chi connectivity index (χ3n) is 3.31. The highest BCUT2D eigenvalue weighted by Gasteiger charge is 2.23. The summed E-state index contributed by atoms with van der Waals surface area (Å²) in [6.45, 7) is 8.90. The van der Waals surface area contributed by atoms with Crippen molar-refractivity contribution in [3.8, 4) is 0 Å². The van der Waals surface area contributed by atoms with Gasteiger partial charge in [0, 0.05) is 9.89 Å². The summed E-state index contributed by atoms with van der Waals surface area (Å²) in [4.78, 5) is 12.2. The Hall–Kier alpha value is -1.62. The number of hydrogen-bond acceptors (Lipinski definition) is 3. The van der Waals surface area contributed by atoms with E-state index in [4.69, 9.17) is 4.74 Å². The lowest BCUT2D eigenvalue weighted by Gasteiger charge is -2.14. The van der Waals surface area contributed by atoms with Crippen molar-refractivity contribution in [2.75, 3.05) is 6.61 Å². The molecule has 0 N–H and O–H groups in total. The summed E-state index contributed by atoms with van der Waals surface area (Å²) in [7, 11) is 0. The molecular formula is C17H21BrN2O2. The average Bonchev–Trinajstić information content (AvgIpc) is 2.86. The summed E-state index contributed by atoms with van der Waals surface area (Å²) < 4.78 is 7.87. The minimum atomic E-state index is -0.336. The normalized spacial score (nSPS) is 11.5. The number of rotatable bonds is 4. The van der Waals surface area contributed by atoms with Crippen LogP contribution in [0, 0.1) is 0 Å². The monoisotopic (exact) mass is 364 g/mol. The molecule has 0 radical (unpaired) electrons. The highest BCUT2D eigenvalue weighted by molar-refractivity contribution is 9.10. The number of carbonyl (C=O) groups is 1. The number of aromatic nitrogens is 2. The Morgan fingerprint density at radius 3 is 2.59 bits per heavy atom. The molecule has 0 bridgehead atoms. The lowest BCUT2D eigenvalue weighted by molar-refractivity contribution is 0.0512. The van der Waals surface area contributed by atoms with E-state index in [-0.39, 0.29) is 11.4 Å². The van der Waals surface area contributed by atoms with E-state index in [0.717, 1.165) is 15.7 Å².